The first-order valence-electron chi connectivity index (χ1n) is 31.2. The van der Waals surface area contributed by atoms with Gasteiger partial charge in [0, 0.05) is 96.6 Å². The van der Waals surface area contributed by atoms with E-state index >= 15 is 0 Å². The Morgan fingerprint density at radius 3 is 1.34 bits per heavy atom. The highest BCUT2D eigenvalue weighted by atomic mass is 32.1. The zero-order valence-corrected chi connectivity index (χ0v) is 52.5. The van der Waals surface area contributed by atoms with Crippen LogP contribution in [-0.4, -0.2) is 4.57 Å². The molecule has 93 heavy (non-hydrogen) atoms. The third-order valence-electron chi connectivity index (χ3n) is 16.8. The van der Waals surface area contributed by atoms with E-state index in [2.05, 4.69) is 275 Å². The molecule has 0 aliphatic rings. The standard InChI is InChI=1S/C28H20N2.2C22H15NS.C14H13N/c1-3-12-22(13-4-1)29-26-17-9-16-24-25-18-20-10-7-8-11-21(20)19-27(25)30(28(24)26)23-14-5-2-6-15-23;1-2-8-17(9-3-1)23-18-10-11-19-20-12-15-6-4-5-7-16(15)13-21(20)24-22(19)14-18;1-2-7-16(8-3-1)23-17-11-13-21-20(14-17)19-12-10-15-6-4-5-9-18(15)22(19)24-21;1-2-12-8-10-14(11-9-12)15-13-6-4-3-5-7-13/h1-19,29H;2*1-14,23H;2-11,15H,1H2. The average Bonchev–Trinajstić information content (AvgIpc) is 1.60. The Bertz CT molecular complexity index is 5620. The molecule has 0 aliphatic carbocycles. The Morgan fingerprint density at radius 1 is 0.269 bits per heavy atom. The second-order valence-electron chi connectivity index (χ2n) is 22.9. The van der Waals surface area contributed by atoms with Crippen LogP contribution in [0.1, 0.15) is 5.56 Å². The minimum absolute atomic E-state index is 1.08. The zero-order chi connectivity index (χ0) is 62.3. The molecule has 0 atom stereocenters. The third kappa shape index (κ3) is 12.5. The highest BCUT2D eigenvalue weighted by Gasteiger charge is 2.17. The van der Waals surface area contributed by atoms with Crippen LogP contribution in [0.15, 0.2) is 346 Å². The van der Waals surface area contributed by atoms with E-state index in [9.17, 15) is 0 Å². The molecule has 5 nitrogen and oxygen atoms in total. The lowest BCUT2D eigenvalue weighted by Gasteiger charge is -2.13. The first kappa shape index (κ1) is 57.7. The number of benzene rings is 15. The molecule has 3 aromatic heterocycles. The molecule has 18 rings (SSSR count). The summed E-state index contributed by atoms with van der Waals surface area (Å²) in [4.78, 5) is 0. The Kier molecular flexibility index (Phi) is 16.4. The van der Waals surface area contributed by atoms with Crippen molar-refractivity contribution >= 4 is 169 Å². The quantitative estimate of drug-likeness (QED) is 0.110. The number of fused-ring (bicyclic) bond motifs is 13. The SMILES string of the molecule is C=Cc1ccc(Nc2ccccc2)cc1.c1ccc(Nc2ccc3c(c2)sc2cc4ccccc4cc23)cc1.c1ccc(Nc2ccc3sc4c5ccccc5ccc4c3c2)cc1.c1ccc(Nc2cccc3c4cc5ccccc5cc4n(-c4ccccc4)c23)cc1. The van der Waals surface area contributed by atoms with Gasteiger partial charge in [0.25, 0.3) is 0 Å². The number of thiophene rings is 2. The lowest BCUT2D eigenvalue weighted by Crippen LogP contribution is -1.97. The van der Waals surface area contributed by atoms with Crippen LogP contribution in [0.4, 0.5) is 45.5 Å². The van der Waals surface area contributed by atoms with E-state index in [1.807, 2.05) is 126 Å². The normalized spacial score (nSPS) is 11.1. The van der Waals surface area contributed by atoms with Gasteiger partial charge < -0.3 is 25.8 Å². The van der Waals surface area contributed by atoms with Crippen LogP contribution in [0.5, 0.6) is 0 Å². The molecule has 0 amide bonds. The maximum Gasteiger partial charge on any atom is 0.0776 e. The van der Waals surface area contributed by atoms with Gasteiger partial charge in [0.15, 0.2) is 0 Å². The molecule has 0 spiro atoms. The van der Waals surface area contributed by atoms with E-state index in [0.29, 0.717) is 0 Å². The third-order valence-corrected chi connectivity index (χ3v) is 19.1. The Morgan fingerprint density at radius 2 is 0.720 bits per heavy atom. The molecule has 18 aromatic rings. The molecule has 0 aliphatic heterocycles. The maximum absolute atomic E-state index is 3.72. The van der Waals surface area contributed by atoms with E-state index in [1.54, 1.807) is 0 Å². The van der Waals surface area contributed by atoms with Crippen LogP contribution in [0.3, 0.4) is 0 Å². The lowest BCUT2D eigenvalue weighted by atomic mass is 10.1. The van der Waals surface area contributed by atoms with E-state index < -0.39 is 0 Å². The molecule has 0 fully saturated rings. The Balaban J connectivity index is 0.000000105. The molecular formula is C86H63N5S2. The summed E-state index contributed by atoms with van der Waals surface area (Å²) in [5.74, 6) is 0. The maximum atomic E-state index is 3.72. The van der Waals surface area contributed by atoms with Gasteiger partial charge in [-0.05, 0) is 171 Å². The van der Waals surface area contributed by atoms with Gasteiger partial charge in [-0.1, -0.05) is 219 Å². The molecule has 444 valence electrons. The number of nitrogens with zero attached hydrogens (tertiary/aromatic N) is 1. The van der Waals surface area contributed by atoms with Crippen LogP contribution in [-0.2, 0) is 0 Å². The van der Waals surface area contributed by atoms with Crippen molar-refractivity contribution < 1.29 is 0 Å². The zero-order valence-electron chi connectivity index (χ0n) is 50.9. The van der Waals surface area contributed by atoms with Crippen molar-refractivity contribution in [1.82, 2.24) is 4.57 Å². The van der Waals surface area contributed by atoms with Gasteiger partial charge >= 0.3 is 0 Å². The van der Waals surface area contributed by atoms with Crippen molar-refractivity contribution in [2.75, 3.05) is 21.3 Å². The number of aromatic nitrogens is 1. The summed E-state index contributed by atoms with van der Waals surface area (Å²) in [6.07, 6.45) is 1.84. The molecule has 0 radical (unpaired) electrons. The van der Waals surface area contributed by atoms with Crippen molar-refractivity contribution in [3.05, 3.63) is 352 Å². The molecule has 0 saturated heterocycles. The van der Waals surface area contributed by atoms with Crippen LogP contribution >= 0.6 is 22.7 Å². The fraction of sp³-hybridized carbons (Fsp3) is 0. The van der Waals surface area contributed by atoms with E-state index in [1.165, 1.54) is 94.5 Å². The predicted octanol–water partition coefficient (Wildman–Crippen LogP) is 25.7. The highest BCUT2D eigenvalue weighted by molar-refractivity contribution is 7.27. The number of hydrogen-bond donors (Lipinski definition) is 4. The molecule has 7 heteroatoms. The van der Waals surface area contributed by atoms with Crippen molar-refractivity contribution in [1.29, 1.82) is 0 Å². The van der Waals surface area contributed by atoms with Crippen molar-refractivity contribution in [3.63, 3.8) is 0 Å². The molecule has 15 aromatic carbocycles. The van der Waals surface area contributed by atoms with Gasteiger partial charge in [0.05, 0.1) is 16.7 Å². The number of rotatable bonds is 10. The molecular weight excluding hydrogens is 1170 g/mol. The lowest BCUT2D eigenvalue weighted by molar-refractivity contribution is 1.18. The fourth-order valence-corrected chi connectivity index (χ4v) is 14.7. The van der Waals surface area contributed by atoms with Crippen molar-refractivity contribution in [3.8, 4) is 5.69 Å². The van der Waals surface area contributed by atoms with E-state index in [0.717, 1.165) is 56.7 Å². The largest absolute Gasteiger partial charge is 0.356 e. The van der Waals surface area contributed by atoms with E-state index in [-0.39, 0.29) is 0 Å². The average molecular weight is 1230 g/mol. The fourth-order valence-electron chi connectivity index (χ4n) is 12.3. The second-order valence-corrected chi connectivity index (χ2v) is 25.0. The van der Waals surface area contributed by atoms with Crippen LogP contribution in [0.2, 0.25) is 0 Å². The number of anilines is 8. The van der Waals surface area contributed by atoms with Crippen molar-refractivity contribution in [2.45, 2.75) is 0 Å². The number of hydrogen-bond acceptors (Lipinski definition) is 6. The van der Waals surface area contributed by atoms with Gasteiger partial charge in [0.1, 0.15) is 0 Å². The summed E-state index contributed by atoms with van der Waals surface area (Å²) in [7, 11) is 0. The van der Waals surface area contributed by atoms with Gasteiger partial charge in [0.2, 0.25) is 0 Å². The highest BCUT2D eigenvalue weighted by Crippen LogP contribution is 2.42. The summed E-state index contributed by atoms with van der Waals surface area (Å²) in [6, 6.07) is 119. The predicted molar refractivity (Wildman–Crippen MR) is 407 cm³/mol. The van der Waals surface area contributed by atoms with Gasteiger partial charge in [-0.15, -0.1) is 22.7 Å². The number of para-hydroxylation sites is 6. The summed E-state index contributed by atoms with van der Waals surface area (Å²) in [6.45, 7) is 3.72. The van der Waals surface area contributed by atoms with Crippen molar-refractivity contribution in [2.24, 2.45) is 0 Å². The Labute approximate surface area is 548 Å². The topological polar surface area (TPSA) is 53.0 Å². The number of nitrogens with one attached hydrogen (secondary N) is 4. The Hall–Kier alpha value is -11.7. The second kappa shape index (κ2) is 26.4. The van der Waals surface area contributed by atoms with Gasteiger partial charge in [-0.2, -0.15) is 0 Å². The summed E-state index contributed by atoms with van der Waals surface area (Å²) in [5.41, 5.74) is 13.6. The minimum Gasteiger partial charge on any atom is -0.356 e. The van der Waals surface area contributed by atoms with Gasteiger partial charge in [-0.25, -0.2) is 0 Å². The van der Waals surface area contributed by atoms with Gasteiger partial charge in [-0.3, -0.25) is 0 Å². The summed E-state index contributed by atoms with van der Waals surface area (Å²) >= 11 is 3.74. The minimum atomic E-state index is 1.08. The first-order valence-corrected chi connectivity index (χ1v) is 32.9. The van der Waals surface area contributed by atoms with Crippen LogP contribution < -0.4 is 21.3 Å². The monoisotopic (exact) mass is 1230 g/mol. The first-order chi connectivity index (χ1) is 46.0. The van der Waals surface area contributed by atoms with Crippen LogP contribution in [0, 0.1) is 0 Å². The molecule has 0 unspecified atom stereocenters. The smallest absolute Gasteiger partial charge is 0.0776 e. The van der Waals surface area contributed by atoms with Crippen LogP contribution in [0.25, 0.3) is 106 Å². The summed E-state index contributed by atoms with van der Waals surface area (Å²) < 4.78 is 7.75. The van der Waals surface area contributed by atoms with E-state index in [4.69, 9.17) is 0 Å². The molecule has 4 N–H and O–H groups in total. The molecule has 0 saturated carbocycles. The molecule has 0 bridgehead atoms. The summed E-state index contributed by atoms with van der Waals surface area (Å²) in [5, 5.41) is 29.6. The molecule has 3 heterocycles.